The van der Waals surface area contributed by atoms with Crippen molar-refractivity contribution in [2.75, 3.05) is 7.11 Å². The lowest BCUT2D eigenvalue weighted by molar-refractivity contribution is -0.139. The van der Waals surface area contributed by atoms with Crippen LogP contribution in [0.4, 0.5) is 43.4 Å². The second kappa shape index (κ2) is 24.7. The van der Waals surface area contributed by atoms with Gasteiger partial charge in [-0.2, -0.15) is 26.3 Å². The van der Waals surface area contributed by atoms with Crippen LogP contribution in [0.2, 0.25) is 0 Å². The van der Waals surface area contributed by atoms with Gasteiger partial charge in [0, 0.05) is 40.6 Å². The second-order valence-corrected chi connectivity index (χ2v) is 19.1. The Morgan fingerprint density at radius 2 is 0.964 bits per heavy atom. The molecule has 0 saturated carbocycles. The molecule has 0 amide bonds. The van der Waals surface area contributed by atoms with Gasteiger partial charge in [-0.05, 0) is 30.3 Å². The molecule has 0 aromatic heterocycles. The standard InChI is InChI=1S/2C11H10F3NS.C10H11NS.C10H14OS/c1-7(2)16-8-4-5-10(15-3)9(6-8)11(12,13)14;1-7(2)16-10-5-4-8(15-3)6-9(10)11(12,13)14;1-8(2)12-10-6-4-9(11-3)5-7-10;1-8(2)12-10-6-4-5-9(7-10)11-3/h2*4-7H,1-2H3;4-8H,1-2H3;4-8H,1-3H3. The molecule has 0 fully saturated rings. The summed E-state index contributed by atoms with van der Waals surface area (Å²) in [6.45, 7) is 36.3. The largest absolute Gasteiger partial charge is 0.497 e. The molecule has 4 aromatic rings. The molecule has 14 heteroatoms. The Morgan fingerprint density at radius 3 is 1.41 bits per heavy atom. The van der Waals surface area contributed by atoms with Crippen LogP contribution >= 0.6 is 47.0 Å². The van der Waals surface area contributed by atoms with Crippen molar-refractivity contribution in [3.8, 4) is 5.75 Å². The first kappa shape index (κ1) is 50.1. The molecule has 300 valence electrons. The number of hydrogen-bond acceptors (Lipinski definition) is 5. The number of alkyl halides is 6. The molecule has 4 rings (SSSR count). The predicted molar refractivity (Wildman–Crippen MR) is 225 cm³/mol. The van der Waals surface area contributed by atoms with Crippen molar-refractivity contribution in [2.45, 2.75) is 108 Å². The van der Waals surface area contributed by atoms with Crippen LogP contribution in [-0.2, 0) is 12.4 Å². The van der Waals surface area contributed by atoms with Crippen LogP contribution in [0.3, 0.4) is 0 Å². The van der Waals surface area contributed by atoms with Gasteiger partial charge in [-0.25, -0.2) is 14.5 Å². The highest BCUT2D eigenvalue weighted by Crippen LogP contribution is 2.41. The Kier molecular flexibility index (Phi) is 22.1. The summed E-state index contributed by atoms with van der Waals surface area (Å²) >= 11 is 6.16. The van der Waals surface area contributed by atoms with E-state index in [-0.39, 0.29) is 26.8 Å². The summed E-state index contributed by atoms with van der Waals surface area (Å²) < 4.78 is 81.0. The summed E-state index contributed by atoms with van der Waals surface area (Å²) in [5.41, 5.74) is -1.20. The van der Waals surface area contributed by atoms with Gasteiger partial charge < -0.3 is 4.74 Å². The quantitative estimate of drug-likeness (QED) is 0.0948. The minimum absolute atomic E-state index is 0.0143. The summed E-state index contributed by atoms with van der Waals surface area (Å²) in [5.74, 6) is 0.931. The van der Waals surface area contributed by atoms with Gasteiger partial charge in [0.05, 0.1) is 38.0 Å². The second-order valence-electron chi connectivity index (χ2n) is 12.5. The number of halogens is 6. The Bertz CT molecular complexity index is 1930. The van der Waals surface area contributed by atoms with E-state index in [1.54, 1.807) is 13.2 Å². The first-order chi connectivity index (χ1) is 26.1. The predicted octanol–water partition coefficient (Wildman–Crippen LogP) is 16.4. The molecule has 4 nitrogen and oxygen atoms in total. The molecule has 0 radical (unpaired) electrons. The first-order valence-corrected chi connectivity index (χ1v) is 20.6. The van der Waals surface area contributed by atoms with Crippen LogP contribution < -0.4 is 4.74 Å². The van der Waals surface area contributed by atoms with Gasteiger partial charge in [0.1, 0.15) is 5.75 Å². The molecule has 0 N–H and O–H groups in total. The minimum atomic E-state index is -4.46. The molecule has 0 atom stereocenters. The highest BCUT2D eigenvalue weighted by molar-refractivity contribution is 8.00. The molecule has 56 heavy (non-hydrogen) atoms. The number of methoxy groups -OCH3 is 1. The van der Waals surface area contributed by atoms with Crippen molar-refractivity contribution in [1.29, 1.82) is 0 Å². The van der Waals surface area contributed by atoms with Crippen LogP contribution in [0.15, 0.2) is 105 Å². The maximum absolute atomic E-state index is 12.7. The van der Waals surface area contributed by atoms with Crippen LogP contribution in [0.25, 0.3) is 14.5 Å². The molecule has 0 saturated heterocycles. The van der Waals surface area contributed by atoms with E-state index in [9.17, 15) is 26.3 Å². The summed E-state index contributed by atoms with van der Waals surface area (Å²) in [6, 6.07) is 23.3. The Labute approximate surface area is 345 Å². The highest BCUT2D eigenvalue weighted by Gasteiger charge is 2.34. The van der Waals surface area contributed by atoms with E-state index >= 15 is 0 Å². The van der Waals surface area contributed by atoms with Crippen molar-refractivity contribution in [3.05, 3.63) is 130 Å². The zero-order valence-electron chi connectivity index (χ0n) is 32.5. The molecule has 0 heterocycles. The number of ether oxygens (including phenoxy) is 1. The number of benzene rings is 4. The summed E-state index contributed by atoms with van der Waals surface area (Å²) in [5, 5.41) is 1.50. The van der Waals surface area contributed by atoms with Gasteiger partial charge in [-0.3, -0.25) is 0 Å². The zero-order valence-corrected chi connectivity index (χ0v) is 35.8. The minimum Gasteiger partial charge on any atom is -0.497 e. The number of thioether (sulfide) groups is 4. The van der Waals surface area contributed by atoms with E-state index in [1.807, 2.05) is 87.6 Å². The lowest BCUT2D eigenvalue weighted by Crippen LogP contribution is -2.07. The maximum Gasteiger partial charge on any atom is 0.416 e. The van der Waals surface area contributed by atoms with E-state index in [4.69, 9.17) is 24.5 Å². The third-order valence-electron chi connectivity index (χ3n) is 6.28. The van der Waals surface area contributed by atoms with Crippen LogP contribution in [0.5, 0.6) is 5.75 Å². The van der Waals surface area contributed by atoms with E-state index < -0.39 is 23.5 Å². The molecule has 0 aliphatic heterocycles. The molecular formula is C42H45F6N3OS4. The van der Waals surface area contributed by atoms with Gasteiger partial charge in [0.25, 0.3) is 0 Å². The molecule has 0 bridgehead atoms. The van der Waals surface area contributed by atoms with Crippen LogP contribution in [0, 0.1) is 19.7 Å². The number of hydrogen-bond donors (Lipinski definition) is 0. The fourth-order valence-electron chi connectivity index (χ4n) is 4.17. The molecule has 4 aromatic carbocycles. The molecule has 0 aliphatic carbocycles. The van der Waals surface area contributed by atoms with Crippen molar-refractivity contribution in [3.63, 3.8) is 0 Å². The number of rotatable bonds is 9. The van der Waals surface area contributed by atoms with Crippen LogP contribution in [0.1, 0.15) is 66.5 Å². The third kappa shape index (κ3) is 19.8. The fourth-order valence-corrected chi connectivity index (χ4v) is 7.73. The Hall–Kier alpha value is -3.87. The van der Waals surface area contributed by atoms with Gasteiger partial charge >= 0.3 is 12.4 Å². The molecular weight excluding hydrogens is 805 g/mol. The van der Waals surface area contributed by atoms with Crippen LogP contribution in [-0.4, -0.2) is 28.1 Å². The Balaban J connectivity index is 0.000000377. The summed E-state index contributed by atoms with van der Waals surface area (Å²) in [4.78, 5) is 12.4. The average molecular weight is 850 g/mol. The molecule has 0 aliphatic rings. The van der Waals surface area contributed by atoms with Gasteiger partial charge in [0.2, 0.25) is 0 Å². The van der Waals surface area contributed by atoms with Crippen molar-refractivity contribution in [2.24, 2.45) is 0 Å². The smallest absolute Gasteiger partial charge is 0.416 e. The van der Waals surface area contributed by atoms with Gasteiger partial charge in [-0.15, -0.1) is 47.0 Å². The van der Waals surface area contributed by atoms with Crippen molar-refractivity contribution in [1.82, 2.24) is 0 Å². The Morgan fingerprint density at radius 1 is 0.500 bits per heavy atom. The highest BCUT2D eigenvalue weighted by atomic mass is 32.2. The monoisotopic (exact) mass is 849 g/mol. The van der Waals surface area contributed by atoms with Gasteiger partial charge in [-0.1, -0.05) is 110 Å². The SMILES string of the molecule is COc1cccc(SC(C)C)c1.[C-]#[N+]c1ccc(SC(C)C)c(C(F)(F)F)c1.[C-]#[N+]c1ccc(SC(C)C)cc1.[C-]#[N+]c1ccc(SC(C)C)cc1C(F)(F)F. The third-order valence-corrected chi connectivity index (χ3v) is 10.4. The summed E-state index contributed by atoms with van der Waals surface area (Å²) in [6.07, 6.45) is -8.87. The van der Waals surface area contributed by atoms with E-state index in [0.717, 1.165) is 29.6 Å². The van der Waals surface area contributed by atoms with Gasteiger partial charge in [0.15, 0.2) is 17.1 Å². The van der Waals surface area contributed by atoms with E-state index in [2.05, 4.69) is 54.4 Å². The maximum atomic E-state index is 12.7. The lowest BCUT2D eigenvalue weighted by atomic mass is 10.2. The normalized spacial score (nSPS) is 10.9. The lowest BCUT2D eigenvalue weighted by Gasteiger charge is -2.14. The van der Waals surface area contributed by atoms with Crippen molar-refractivity contribution < 1.29 is 31.1 Å². The fraction of sp³-hybridized carbons (Fsp3) is 0.357. The zero-order chi connectivity index (χ0) is 42.6. The van der Waals surface area contributed by atoms with Crippen molar-refractivity contribution >= 4 is 64.1 Å². The first-order valence-electron chi connectivity index (χ1n) is 17.1. The van der Waals surface area contributed by atoms with E-state index in [0.29, 0.717) is 21.1 Å². The topological polar surface area (TPSA) is 22.3 Å². The average Bonchev–Trinajstić information content (AvgIpc) is 3.11. The van der Waals surface area contributed by atoms with E-state index in [1.165, 1.54) is 39.8 Å². The molecule has 0 spiro atoms. The number of nitrogens with zero attached hydrogens (tertiary/aromatic N) is 3. The summed E-state index contributed by atoms with van der Waals surface area (Å²) in [7, 11) is 1.69. The molecule has 0 unspecified atom stereocenters.